The molecular formula is C19H21Cl2N5O4. The Morgan fingerprint density at radius 2 is 1.97 bits per heavy atom. The third-order valence-corrected chi connectivity index (χ3v) is 4.17. The Morgan fingerprint density at radius 3 is 2.67 bits per heavy atom. The monoisotopic (exact) mass is 453 g/mol. The largest absolute Gasteiger partial charge is 0.630 e. The van der Waals surface area contributed by atoms with Crippen LogP contribution in [0.3, 0.4) is 0 Å². The fraction of sp³-hybridized carbons (Fsp3) is 0.158. The first kappa shape index (κ1) is 23.5. The predicted molar refractivity (Wildman–Crippen MR) is 118 cm³/mol. The van der Waals surface area contributed by atoms with Crippen LogP contribution in [0.1, 0.15) is 6.42 Å². The summed E-state index contributed by atoms with van der Waals surface area (Å²) in [5.41, 5.74) is 6.44. The number of benzene rings is 2. The first-order valence-corrected chi connectivity index (χ1v) is 9.55. The zero-order chi connectivity index (χ0) is 22.1. The summed E-state index contributed by atoms with van der Waals surface area (Å²) in [7, 11) is 0. The molecule has 0 atom stereocenters. The van der Waals surface area contributed by atoms with E-state index in [1.807, 2.05) is 0 Å². The van der Waals surface area contributed by atoms with E-state index in [0.29, 0.717) is 51.3 Å². The number of anilines is 1. The molecule has 0 spiro atoms. The summed E-state index contributed by atoms with van der Waals surface area (Å²) in [6.45, 7) is 4.47. The van der Waals surface area contributed by atoms with Gasteiger partial charge in [0.2, 0.25) is 11.9 Å². The van der Waals surface area contributed by atoms with Crippen molar-refractivity contribution in [1.82, 2.24) is 5.32 Å². The molecule has 30 heavy (non-hydrogen) atoms. The molecule has 0 aliphatic heterocycles. The van der Waals surface area contributed by atoms with Gasteiger partial charge in [0.15, 0.2) is 0 Å². The number of nitrogens with zero attached hydrogens (tertiary/aromatic N) is 1. The maximum absolute atomic E-state index is 12.3. The van der Waals surface area contributed by atoms with Crippen molar-refractivity contribution in [3.05, 3.63) is 69.1 Å². The minimum absolute atomic E-state index is 0.0121. The number of amides is 2. The molecule has 0 aliphatic rings. The summed E-state index contributed by atoms with van der Waals surface area (Å²) in [6, 6.07) is 8.32. The highest BCUT2D eigenvalue weighted by atomic mass is 35.5. The van der Waals surface area contributed by atoms with Gasteiger partial charge in [-0.2, -0.15) is 4.74 Å². The van der Waals surface area contributed by atoms with Gasteiger partial charge in [0, 0.05) is 22.2 Å². The Hall–Kier alpha value is -2.82. The second-order valence-corrected chi connectivity index (χ2v) is 6.88. The fourth-order valence-electron chi connectivity index (χ4n) is 2.35. The maximum Gasteiger partial charge on any atom is 0.323 e. The van der Waals surface area contributed by atoms with Crippen LogP contribution in [0, 0.1) is 10.4 Å². The zero-order valence-electron chi connectivity index (χ0n) is 15.9. The smallest absolute Gasteiger partial charge is 0.323 e. The van der Waals surface area contributed by atoms with Gasteiger partial charge in [-0.15, -0.1) is 0 Å². The van der Waals surface area contributed by atoms with E-state index in [2.05, 4.69) is 17.2 Å². The van der Waals surface area contributed by atoms with E-state index in [1.165, 1.54) is 24.3 Å². The second-order valence-electron chi connectivity index (χ2n) is 6.01. The lowest BCUT2D eigenvalue weighted by molar-refractivity contribution is -0.505. The Kier molecular flexibility index (Phi) is 8.90. The van der Waals surface area contributed by atoms with Gasteiger partial charge in [-0.1, -0.05) is 29.8 Å². The molecule has 160 valence electrons. The van der Waals surface area contributed by atoms with Crippen LogP contribution in [0.2, 0.25) is 10.0 Å². The molecule has 2 rings (SSSR count). The Bertz CT molecular complexity index is 953. The first-order valence-electron chi connectivity index (χ1n) is 8.79. The number of ether oxygens (including phenoxy) is 1. The number of carbonyl (C=O) groups excluding carboxylic acids is 1. The summed E-state index contributed by atoms with van der Waals surface area (Å²) in [5, 5.41) is 29.2. The van der Waals surface area contributed by atoms with Crippen molar-refractivity contribution in [1.29, 1.82) is 0 Å². The SMILES string of the molecule is C=C(/C=[N+](/[O-])c1ccc(Cl)cc1[NH2+][O-])NC(=O)Nc1cc(Cl)ccc1OCCCN. The molecule has 9 nitrogen and oxygen atoms in total. The van der Waals surface area contributed by atoms with E-state index in [9.17, 15) is 15.2 Å². The standard InChI is InChI=1S/C19H21Cl2N5O4/c1-12(11-26(29)17-5-3-13(20)9-15(17)25-28)23-19(27)24-16-10-14(21)4-6-18(16)30-8-2-7-22/h3-6,9-11H,1-2,7-8,22,25H2,(H2,23,24,27)/b26-11+. The van der Waals surface area contributed by atoms with E-state index in [4.69, 9.17) is 33.7 Å². The molecule has 0 aromatic heterocycles. The summed E-state index contributed by atoms with van der Waals surface area (Å²) in [4.78, 5) is 12.3. The van der Waals surface area contributed by atoms with Crippen LogP contribution in [-0.2, 0) is 0 Å². The molecule has 0 unspecified atom stereocenters. The minimum Gasteiger partial charge on any atom is -0.630 e. The fourth-order valence-corrected chi connectivity index (χ4v) is 2.71. The highest BCUT2D eigenvalue weighted by molar-refractivity contribution is 6.31. The highest BCUT2D eigenvalue weighted by Crippen LogP contribution is 2.28. The van der Waals surface area contributed by atoms with Crippen molar-refractivity contribution in [2.45, 2.75) is 6.42 Å². The lowest BCUT2D eigenvalue weighted by Gasteiger charge is -2.13. The summed E-state index contributed by atoms with van der Waals surface area (Å²) in [5.74, 6) is 0.417. The van der Waals surface area contributed by atoms with Gasteiger partial charge in [-0.05, 0) is 37.2 Å². The first-order chi connectivity index (χ1) is 14.3. The van der Waals surface area contributed by atoms with Gasteiger partial charge in [0.25, 0.3) is 5.69 Å². The van der Waals surface area contributed by atoms with Crippen LogP contribution in [0.25, 0.3) is 0 Å². The summed E-state index contributed by atoms with van der Waals surface area (Å²) in [6.07, 6.45) is 1.67. The minimum atomic E-state index is -0.665. The van der Waals surface area contributed by atoms with Crippen molar-refractivity contribution >= 4 is 52.5 Å². The number of hydrogen-bond donors (Lipinski definition) is 4. The number of rotatable bonds is 9. The van der Waals surface area contributed by atoms with Gasteiger partial charge in [0.05, 0.1) is 12.3 Å². The molecule has 0 saturated carbocycles. The molecule has 0 radical (unpaired) electrons. The third-order valence-electron chi connectivity index (χ3n) is 3.70. The molecule has 0 aliphatic carbocycles. The van der Waals surface area contributed by atoms with E-state index >= 15 is 0 Å². The van der Waals surface area contributed by atoms with E-state index < -0.39 is 6.03 Å². The van der Waals surface area contributed by atoms with Crippen LogP contribution in [0.4, 0.5) is 21.9 Å². The normalized spacial score (nSPS) is 11.1. The number of hydrogen-bond acceptors (Lipinski definition) is 5. The molecule has 0 saturated heterocycles. The quantitative estimate of drug-likeness (QED) is 0.115. The van der Waals surface area contributed by atoms with Gasteiger partial charge >= 0.3 is 6.03 Å². The number of nitrogens with two attached hydrogens (primary N) is 2. The van der Waals surface area contributed by atoms with Crippen LogP contribution in [0.5, 0.6) is 5.75 Å². The van der Waals surface area contributed by atoms with Crippen LogP contribution in [0.15, 0.2) is 48.7 Å². The van der Waals surface area contributed by atoms with Gasteiger partial charge in [-0.25, -0.2) is 4.79 Å². The lowest BCUT2D eigenvalue weighted by Crippen LogP contribution is -2.70. The molecule has 0 bridgehead atoms. The van der Waals surface area contributed by atoms with E-state index in [-0.39, 0.29) is 17.1 Å². The topological polar surface area (TPSA) is 142 Å². The third kappa shape index (κ3) is 6.90. The molecular weight excluding hydrogens is 433 g/mol. The van der Waals surface area contributed by atoms with E-state index in [0.717, 1.165) is 6.21 Å². The number of urea groups is 1. The van der Waals surface area contributed by atoms with E-state index in [1.54, 1.807) is 12.1 Å². The van der Waals surface area contributed by atoms with Crippen molar-refractivity contribution in [2.75, 3.05) is 18.5 Å². The molecule has 2 amide bonds. The molecule has 6 N–H and O–H groups in total. The Balaban J connectivity index is 2.07. The van der Waals surface area contributed by atoms with Gasteiger partial charge in [0.1, 0.15) is 11.4 Å². The van der Waals surface area contributed by atoms with Crippen LogP contribution >= 0.6 is 23.2 Å². The second kappa shape index (κ2) is 11.4. The number of nitrogens with one attached hydrogen (secondary N) is 2. The molecule has 11 heteroatoms. The van der Waals surface area contributed by atoms with Gasteiger partial charge in [-0.3, -0.25) is 0 Å². The van der Waals surface area contributed by atoms with Crippen LogP contribution in [-0.4, -0.2) is 30.1 Å². The van der Waals surface area contributed by atoms with Gasteiger partial charge < -0.3 is 37.0 Å². The number of halogens is 2. The van der Waals surface area contributed by atoms with Crippen molar-refractivity contribution in [3.8, 4) is 5.75 Å². The van der Waals surface area contributed by atoms with Crippen molar-refractivity contribution in [3.63, 3.8) is 0 Å². The zero-order valence-corrected chi connectivity index (χ0v) is 17.4. The molecule has 0 heterocycles. The summed E-state index contributed by atoms with van der Waals surface area (Å²) < 4.78 is 5.99. The highest BCUT2D eigenvalue weighted by Gasteiger charge is 2.14. The average Bonchev–Trinajstić information content (AvgIpc) is 2.69. The average molecular weight is 454 g/mol. The lowest BCUT2D eigenvalue weighted by atomic mass is 10.2. The maximum atomic E-state index is 12.3. The molecule has 0 fully saturated rings. The molecule has 2 aromatic carbocycles. The predicted octanol–water partition coefficient (Wildman–Crippen LogP) is 2.96. The Morgan fingerprint density at radius 1 is 1.27 bits per heavy atom. The number of carbonyl (C=O) groups is 1. The number of quaternary nitrogens is 1. The summed E-state index contributed by atoms with van der Waals surface area (Å²) >= 11 is 11.8. The van der Waals surface area contributed by atoms with Crippen molar-refractivity contribution < 1.29 is 19.8 Å². The Labute approximate surface area is 183 Å². The van der Waals surface area contributed by atoms with Crippen molar-refractivity contribution in [2.24, 2.45) is 5.73 Å². The molecule has 2 aromatic rings. The van der Waals surface area contributed by atoms with Crippen LogP contribution < -0.4 is 26.6 Å². The number of allylic oxidation sites excluding steroid dienone is 1.